The van der Waals surface area contributed by atoms with Crippen LogP contribution in [0, 0.1) is 10.8 Å². The molecule has 26 heavy (non-hydrogen) atoms. The first-order valence-corrected chi connectivity index (χ1v) is 9.28. The van der Waals surface area contributed by atoms with Crippen LogP contribution in [-0.4, -0.2) is 48.4 Å². The van der Waals surface area contributed by atoms with Crippen LogP contribution >= 0.6 is 0 Å². The van der Waals surface area contributed by atoms with E-state index in [1.807, 2.05) is 0 Å². The summed E-state index contributed by atoms with van der Waals surface area (Å²) in [6, 6.07) is 0. The molecule has 0 saturated carbocycles. The number of hydrogen-bond acceptors (Lipinski definition) is 6. The van der Waals surface area contributed by atoms with Crippen LogP contribution in [0.25, 0.3) is 0 Å². The van der Waals surface area contributed by atoms with Crippen LogP contribution in [-0.2, 0) is 14.3 Å². The van der Waals surface area contributed by atoms with Crippen molar-refractivity contribution in [3.63, 3.8) is 0 Å². The van der Waals surface area contributed by atoms with Gasteiger partial charge in [0.2, 0.25) is 5.91 Å². The number of ketones is 1. The molecular formula is C19H24N4O3. The molecule has 2 spiro atoms. The highest BCUT2D eigenvalue weighted by Crippen LogP contribution is 2.58. The van der Waals surface area contributed by atoms with Crippen molar-refractivity contribution in [1.29, 1.82) is 0 Å². The number of carbonyl (C=O) groups excluding carboxylic acids is 2. The van der Waals surface area contributed by atoms with Crippen LogP contribution in [0.3, 0.4) is 0 Å². The van der Waals surface area contributed by atoms with Crippen molar-refractivity contribution in [1.82, 2.24) is 10.2 Å². The number of carbonyl (C=O) groups is 2. The molecular weight excluding hydrogens is 332 g/mol. The minimum absolute atomic E-state index is 0.0586. The van der Waals surface area contributed by atoms with Gasteiger partial charge in [-0.3, -0.25) is 9.59 Å². The van der Waals surface area contributed by atoms with Gasteiger partial charge in [0.1, 0.15) is 5.60 Å². The average molecular weight is 356 g/mol. The maximum atomic E-state index is 13.2. The lowest BCUT2D eigenvalue weighted by Gasteiger charge is -2.48. The number of nitrogens with zero attached hydrogens (tertiary/aromatic N) is 3. The molecule has 0 unspecified atom stereocenters. The first-order chi connectivity index (χ1) is 12.2. The molecule has 5 rings (SSSR count). The average Bonchev–Trinajstić information content (AvgIpc) is 3.09. The normalized spacial score (nSPS) is 33.5. The number of hydrogen-bond donors (Lipinski definition) is 1. The molecule has 2 saturated heterocycles. The molecule has 0 aromatic rings. The van der Waals surface area contributed by atoms with Gasteiger partial charge < -0.3 is 15.0 Å². The predicted molar refractivity (Wildman–Crippen MR) is 92.9 cm³/mol. The standard InChI is InChI=1S/C19H24N4O3/c1-11(24)23-8-18(9-23)7-19(10-26-18)12-6-20-22-16(12)21-13-4-17(2,3)5-14(25)15(13)19/h21H,4-10H2,1-3H3/t19-/m1/s1. The van der Waals surface area contributed by atoms with Crippen LogP contribution in [0.4, 0.5) is 0 Å². The highest BCUT2D eigenvalue weighted by atomic mass is 16.5. The van der Waals surface area contributed by atoms with Crippen LogP contribution in [0.5, 0.6) is 0 Å². The van der Waals surface area contributed by atoms with E-state index in [2.05, 4.69) is 29.4 Å². The molecule has 4 heterocycles. The molecule has 1 N–H and O–H groups in total. The van der Waals surface area contributed by atoms with E-state index in [4.69, 9.17) is 4.74 Å². The largest absolute Gasteiger partial charge is 0.370 e. The summed E-state index contributed by atoms with van der Waals surface area (Å²) in [6.45, 7) is 8.07. The molecule has 7 heteroatoms. The van der Waals surface area contributed by atoms with E-state index in [1.54, 1.807) is 11.8 Å². The third-order valence-corrected chi connectivity index (χ3v) is 6.54. The Kier molecular flexibility index (Phi) is 3.00. The fourth-order valence-corrected chi connectivity index (χ4v) is 5.43. The fraction of sp³-hybridized carbons (Fsp3) is 0.684. The Bertz CT molecular complexity index is 832. The zero-order valence-electron chi connectivity index (χ0n) is 15.5. The summed E-state index contributed by atoms with van der Waals surface area (Å²) in [5.74, 6) is 1.09. The molecule has 1 atom stereocenters. The van der Waals surface area contributed by atoms with Gasteiger partial charge in [0, 0.05) is 30.2 Å². The molecule has 0 aromatic carbocycles. The van der Waals surface area contributed by atoms with Crippen LogP contribution < -0.4 is 5.32 Å². The van der Waals surface area contributed by atoms with Gasteiger partial charge in [-0.05, 0) is 18.3 Å². The second-order valence-electron chi connectivity index (χ2n) is 9.25. The number of Topliss-reactive ketones (excluding diaryl/α,β-unsaturated/α-hetero) is 1. The highest BCUT2D eigenvalue weighted by Gasteiger charge is 2.62. The lowest BCUT2D eigenvalue weighted by molar-refractivity contribution is -0.155. The first-order valence-electron chi connectivity index (χ1n) is 9.28. The number of allylic oxidation sites excluding steroid dienone is 1. The number of fused-ring (bicyclic) bond motifs is 2. The van der Waals surface area contributed by atoms with E-state index in [-0.39, 0.29) is 22.7 Å². The van der Waals surface area contributed by atoms with Crippen molar-refractivity contribution in [3.05, 3.63) is 22.7 Å². The fourth-order valence-electron chi connectivity index (χ4n) is 5.43. The Morgan fingerprint density at radius 1 is 1.27 bits per heavy atom. The summed E-state index contributed by atoms with van der Waals surface area (Å²) in [6.07, 6.45) is 2.12. The van der Waals surface area contributed by atoms with Gasteiger partial charge in [0.05, 0.1) is 31.7 Å². The Morgan fingerprint density at radius 3 is 2.77 bits per heavy atom. The van der Waals surface area contributed by atoms with Gasteiger partial charge in [0.25, 0.3) is 0 Å². The summed E-state index contributed by atoms with van der Waals surface area (Å²) in [4.78, 5) is 26.6. The molecule has 7 nitrogen and oxygen atoms in total. The van der Waals surface area contributed by atoms with Crippen LogP contribution in [0.2, 0.25) is 0 Å². The van der Waals surface area contributed by atoms with Gasteiger partial charge >= 0.3 is 0 Å². The predicted octanol–water partition coefficient (Wildman–Crippen LogP) is 1.92. The quantitative estimate of drug-likeness (QED) is 0.719. The smallest absolute Gasteiger partial charge is 0.219 e. The SMILES string of the molecule is CC(=O)N1CC2(C1)C[C@@]1(CO2)C2=C(N=NC2)NC2=C1C(=O)CC(C)(C)C2. The lowest BCUT2D eigenvalue weighted by Crippen LogP contribution is -2.63. The number of azo groups is 1. The van der Waals surface area contributed by atoms with Crippen molar-refractivity contribution in [2.75, 3.05) is 26.2 Å². The maximum absolute atomic E-state index is 13.2. The van der Waals surface area contributed by atoms with E-state index in [1.165, 1.54) is 0 Å². The van der Waals surface area contributed by atoms with Gasteiger partial charge in [-0.15, -0.1) is 5.11 Å². The minimum atomic E-state index is -0.435. The molecule has 0 radical (unpaired) electrons. The monoisotopic (exact) mass is 356 g/mol. The van der Waals surface area contributed by atoms with E-state index >= 15 is 0 Å². The molecule has 4 aliphatic heterocycles. The lowest BCUT2D eigenvalue weighted by atomic mass is 9.61. The number of likely N-dealkylation sites (tertiary alicyclic amines) is 1. The number of dihydropyridines is 1. The minimum Gasteiger partial charge on any atom is -0.370 e. The van der Waals surface area contributed by atoms with E-state index in [0.717, 1.165) is 35.5 Å². The Hall–Kier alpha value is -2.02. The van der Waals surface area contributed by atoms with Crippen molar-refractivity contribution >= 4 is 11.7 Å². The summed E-state index contributed by atoms with van der Waals surface area (Å²) < 4.78 is 6.28. The van der Waals surface area contributed by atoms with Gasteiger partial charge in [-0.25, -0.2) is 0 Å². The maximum Gasteiger partial charge on any atom is 0.219 e. The third kappa shape index (κ3) is 2.03. The molecule has 138 valence electrons. The summed E-state index contributed by atoms with van der Waals surface area (Å²) >= 11 is 0. The Morgan fingerprint density at radius 2 is 2.04 bits per heavy atom. The second-order valence-corrected chi connectivity index (χ2v) is 9.25. The Balaban J connectivity index is 1.56. The van der Waals surface area contributed by atoms with E-state index in [9.17, 15) is 9.59 Å². The summed E-state index contributed by atoms with van der Waals surface area (Å²) in [5, 5.41) is 11.9. The molecule has 2 fully saturated rings. The van der Waals surface area contributed by atoms with Crippen molar-refractivity contribution in [2.24, 2.45) is 21.1 Å². The zero-order chi connectivity index (χ0) is 18.3. The number of rotatable bonds is 0. The van der Waals surface area contributed by atoms with Gasteiger partial charge in [-0.2, -0.15) is 5.11 Å². The van der Waals surface area contributed by atoms with Crippen molar-refractivity contribution in [3.8, 4) is 0 Å². The number of ether oxygens (including phenoxy) is 1. The highest BCUT2D eigenvalue weighted by molar-refractivity contribution is 6.00. The Labute approximate surface area is 152 Å². The van der Waals surface area contributed by atoms with Gasteiger partial charge in [-0.1, -0.05) is 13.8 Å². The molecule has 1 amide bonds. The van der Waals surface area contributed by atoms with E-state index in [0.29, 0.717) is 32.7 Å². The molecule has 0 bridgehead atoms. The topological polar surface area (TPSA) is 83.4 Å². The number of amides is 1. The van der Waals surface area contributed by atoms with Crippen molar-refractivity contribution in [2.45, 2.75) is 45.6 Å². The first kappa shape index (κ1) is 16.2. The van der Waals surface area contributed by atoms with Crippen LogP contribution in [0.1, 0.15) is 40.0 Å². The summed E-state index contributed by atoms with van der Waals surface area (Å²) in [5.41, 5.74) is 2.14. The molecule has 0 aromatic heterocycles. The van der Waals surface area contributed by atoms with Crippen LogP contribution in [0.15, 0.2) is 32.9 Å². The molecule has 1 aliphatic carbocycles. The van der Waals surface area contributed by atoms with Crippen molar-refractivity contribution < 1.29 is 14.3 Å². The molecule has 5 aliphatic rings. The van der Waals surface area contributed by atoms with E-state index < -0.39 is 5.41 Å². The second kappa shape index (κ2) is 4.82. The zero-order valence-corrected chi connectivity index (χ0v) is 15.5. The van der Waals surface area contributed by atoms with Gasteiger partial charge in [0.15, 0.2) is 11.6 Å². The summed E-state index contributed by atoms with van der Waals surface area (Å²) in [7, 11) is 0. The third-order valence-electron chi connectivity index (χ3n) is 6.54. The number of nitrogens with one attached hydrogen (secondary N) is 1.